The number of methoxy groups -OCH3 is 1. The monoisotopic (exact) mass is 444 g/mol. The molecule has 0 amide bonds. The van der Waals surface area contributed by atoms with Crippen molar-refractivity contribution >= 4 is 44.4 Å². The van der Waals surface area contributed by atoms with Gasteiger partial charge in [0, 0.05) is 39.6 Å². The average molecular weight is 445 g/mol. The van der Waals surface area contributed by atoms with Crippen LogP contribution in [0.1, 0.15) is 5.56 Å². The highest BCUT2D eigenvalue weighted by Gasteiger charge is 2.10. The Morgan fingerprint density at radius 3 is 3.11 bits per heavy atom. The first-order chi connectivity index (χ1) is 13.3. The number of furan rings is 1. The second-order valence-corrected chi connectivity index (χ2v) is 7.50. The maximum absolute atomic E-state index is 5.56. The maximum Gasteiger partial charge on any atom is 0.206 e. The van der Waals surface area contributed by atoms with Gasteiger partial charge in [-0.25, -0.2) is 4.68 Å². The van der Waals surface area contributed by atoms with E-state index in [1.807, 2.05) is 42.1 Å². The minimum Gasteiger partial charge on any atom is -0.463 e. The minimum absolute atomic E-state index is 0.564. The van der Waals surface area contributed by atoms with Gasteiger partial charge in [0.2, 0.25) is 4.80 Å². The van der Waals surface area contributed by atoms with Crippen molar-refractivity contribution in [3.8, 4) is 11.5 Å². The highest BCUT2D eigenvalue weighted by molar-refractivity contribution is 9.10. The molecule has 3 heterocycles. The number of aromatic nitrogens is 2. The molecule has 0 atom stereocenters. The quantitative estimate of drug-likeness (QED) is 0.351. The first-order valence-electron chi connectivity index (χ1n) is 8.31. The number of rotatable bonds is 6. The molecule has 138 valence electrons. The third-order valence-electron chi connectivity index (χ3n) is 3.99. The van der Waals surface area contributed by atoms with Gasteiger partial charge in [-0.3, -0.25) is 4.99 Å². The molecule has 0 saturated carbocycles. The van der Waals surface area contributed by atoms with Crippen molar-refractivity contribution in [1.82, 2.24) is 9.66 Å². The molecular weight excluding hydrogens is 428 g/mol. The fraction of sp³-hybridized carbons (Fsp3) is 0.158. The van der Waals surface area contributed by atoms with E-state index in [-0.39, 0.29) is 0 Å². The molecule has 0 fully saturated rings. The van der Waals surface area contributed by atoms with Crippen LogP contribution < -0.4 is 4.80 Å². The predicted octanol–water partition coefficient (Wildman–Crippen LogP) is 4.48. The van der Waals surface area contributed by atoms with E-state index in [4.69, 9.17) is 14.3 Å². The van der Waals surface area contributed by atoms with Crippen LogP contribution >= 0.6 is 27.3 Å². The SMILES string of the molecule is COCCN=c1scc(-c2ccco2)n1N=Cc1c[nH]c2ccc(Br)cc12. The van der Waals surface area contributed by atoms with Gasteiger partial charge in [0.1, 0.15) is 5.69 Å². The molecule has 0 aliphatic rings. The zero-order valence-corrected chi connectivity index (χ0v) is 17.0. The van der Waals surface area contributed by atoms with Gasteiger partial charge < -0.3 is 14.1 Å². The van der Waals surface area contributed by atoms with Crippen LogP contribution in [-0.2, 0) is 4.74 Å². The number of ether oxygens (including phenoxy) is 1. The number of halogens is 1. The van der Waals surface area contributed by atoms with E-state index in [1.54, 1.807) is 18.0 Å². The summed E-state index contributed by atoms with van der Waals surface area (Å²) in [4.78, 5) is 8.64. The van der Waals surface area contributed by atoms with Crippen LogP contribution in [0.15, 0.2) is 67.2 Å². The molecule has 0 aliphatic carbocycles. The second-order valence-electron chi connectivity index (χ2n) is 5.75. The summed E-state index contributed by atoms with van der Waals surface area (Å²) in [5.41, 5.74) is 2.92. The minimum atomic E-state index is 0.564. The van der Waals surface area contributed by atoms with Crippen molar-refractivity contribution in [2.24, 2.45) is 10.1 Å². The topological polar surface area (TPSA) is 67.8 Å². The Hall–Kier alpha value is -2.42. The van der Waals surface area contributed by atoms with E-state index in [2.05, 4.69) is 32.0 Å². The van der Waals surface area contributed by atoms with Crippen molar-refractivity contribution in [1.29, 1.82) is 0 Å². The summed E-state index contributed by atoms with van der Waals surface area (Å²) in [6, 6.07) is 9.89. The third-order valence-corrected chi connectivity index (χ3v) is 5.34. The number of thiazole rings is 1. The first-order valence-corrected chi connectivity index (χ1v) is 9.98. The number of benzene rings is 1. The van der Waals surface area contributed by atoms with E-state index in [1.165, 1.54) is 11.3 Å². The van der Waals surface area contributed by atoms with Gasteiger partial charge in [0.25, 0.3) is 0 Å². The van der Waals surface area contributed by atoms with Crippen molar-refractivity contribution < 1.29 is 9.15 Å². The van der Waals surface area contributed by atoms with E-state index in [9.17, 15) is 0 Å². The Labute approximate surface area is 168 Å². The average Bonchev–Trinajstić information content (AvgIpc) is 3.40. The summed E-state index contributed by atoms with van der Waals surface area (Å²) in [6.45, 7) is 1.14. The maximum atomic E-state index is 5.56. The standard InChI is InChI=1S/C19H17BrN4O2S/c1-25-8-6-21-19-24(17(12-27-19)18-3-2-7-26-18)23-11-13-10-22-16-5-4-14(20)9-15(13)16/h2-5,7,9-12,22H,6,8H2,1H3. The van der Waals surface area contributed by atoms with E-state index in [0.717, 1.165) is 37.2 Å². The molecule has 0 saturated heterocycles. The molecule has 0 unspecified atom stereocenters. The van der Waals surface area contributed by atoms with Crippen molar-refractivity contribution in [2.75, 3.05) is 20.3 Å². The van der Waals surface area contributed by atoms with Crippen LogP contribution in [-0.4, -0.2) is 36.1 Å². The van der Waals surface area contributed by atoms with Crippen LogP contribution in [0.2, 0.25) is 0 Å². The molecule has 1 aromatic carbocycles. The van der Waals surface area contributed by atoms with Crippen molar-refractivity contribution in [3.63, 3.8) is 0 Å². The zero-order valence-electron chi connectivity index (χ0n) is 14.6. The van der Waals surface area contributed by atoms with Crippen molar-refractivity contribution in [2.45, 2.75) is 0 Å². The Morgan fingerprint density at radius 2 is 2.30 bits per heavy atom. The van der Waals surface area contributed by atoms with Crippen LogP contribution in [0, 0.1) is 0 Å². The summed E-state index contributed by atoms with van der Waals surface area (Å²) in [7, 11) is 1.67. The summed E-state index contributed by atoms with van der Waals surface area (Å²) >= 11 is 5.04. The summed E-state index contributed by atoms with van der Waals surface area (Å²) in [5.74, 6) is 0.748. The third kappa shape index (κ3) is 3.83. The lowest BCUT2D eigenvalue weighted by molar-refractivity contribution is 0.207. The highest BCUT2D eigenvalue weighted by Crippen LogP contribution is 2.23. The zero-order chi connectivity index (χ0) is 18.6. The molecule has 0 spiro atoms. The number of H-pyrrole nitrogens is 1. The smallest absolute Gasteiger partial charge is 0.206 e. The Morgan fingerprint density at radius 1 is 1.37 bits per heavy atom. The van der Waals surface area contributed by atoms with Gasteiger partial charge in [-0.15, -0.1) is 11.3 Å². The van der Waals surface area contributed by atoms with Gasteiger partial charge in [0.05, 0.1) is 25.6 Å². The van der Waals surface area contributed by atoms with Crippen LogP contribution in [0.4, 0.5) is 0 Å². The lowest BCUT2D eigenvalue weighted by Gasteiger charge is -2.00. The molecule has 0 bridgehead atoms. The Kier molecular flexibility index (Phi) is 5.38. The number of nitrogens with zero attached hydrogens (tertiary/aromatic N) is 3. The van der Waals surface area contributed by atoms with Crippen LogP contribution in [0.3, 0.4) is 0 Å². The molecular formula is C19H17BrN4O2S. The van der Waals surface area contributed by atoms with Gasteiger partial charge in [-0.2, -0.15) is 5.10 Å². The largest absolute Gasteiger partial charge is 0.463 e. The fourth-order valence-corrected chi connectivity index (χ4v) is 3.89. The van der Waals surface area contributed by atoms with Crippen LogP contribution in [0.5, 0.6) is 0 Å². The van der Waals surface area contributed by atoms with Gasteiger partial charge in [-0.05, 0) is 30.3 Å². The molecule has 27 heavy (non-hydrogen) atoms. The Bertz CT molecular complexity index is 1140. The second kappa shape index (κ2) is 8.08. The van der Waals surface area contributed by atoms with Crippen LogP contribution in [0.25, 0.3) is 22.4 Å². The van der Waals surface area contributed by atoms with Crippen molar-refractivity contribution in [3.05, 3.63) is 63.0 Å². The normalized spacial score (nSPS) is 12.6. The van der Waals surface area contributed by atoms with Gasteiger partial charge in [0.15, 0.2) is 5.76 Å². The molecule has 0 radical (unpaired) electrons. The number of hydrogen-bond acceptors (Lipinski definition) is 5. The Balaban J connectivity index is 1.77. The summed E-state index contributed by atoms with van der Waals surface area (Å²) in [5, 5.41) is 7.79. The molecule has 1 N–H and O–H groups in total. The number of aromatic amines is 1. The highest BCUT2D eigenvalue weighted by atomic mass is 79.9. The lowest BCUT2D eigenvalue weighted by Crippen LogP contribution is -2.13. The molecule has 6 nitrogen and oxygen atoms in total. The molecule has 8 heteroatoms. The fourth-order valence-electron chi connectivity index (χ4n) is 2.69. The van der Waals surface area contributed by atoms with Gasteiger partial charge in [-0.1, -0.05) is 15.9 Å². The van der Waals surface area contributed by atoms with E-state index < -0.39 is 0 Å². The first kappa shape index (κ1) is 18.0. The molecule has 0 aliphatic heterocycles. The number of fused-ring (bicyclic) bond motifs is 1. The molecule has 4 aromatic rings. The number of nitrogens with one attached hydrogen (secondary N) is 1. The van der Waals surface area contributed by atoms with Gasteiger partial charge >= 0.3 is 0 Å². The summed E-state index contributed by atoms with van der Waals surface area (Å²) < 4.78 is 13.5. The van der Waals surface area contributed by atoms with E-state index >= 15 is 0 Å². The lowest BCUT2D eigenvalue weighted by atomic mass is 10.2. The molecule has 3 aromatic heterocycles. The van der Waals surface area contributed by atoms with E-state index in [0.29, 0.717) is 13.2 Å². The predicted molar refractivity (Wildman–Crippen MR) is 111 cm³/mol. The number of hydrogen-bond donors (Lipinski definition) is 1. The summed E-state index contributed by atoms with van der Waals surface area (Å²) in [6.07, 6.45) is 5.43. The molecule has 4 rings (SSSR count).